The SMILES string of the molecule is CCCc1c(CCCCCN)c(-c2ccccc2)nn1-c1ccccc1. The normalized spacial score (nSPS) is 11.0. The molecule has 2 aromatic carbocycles. The van der Waals surface area contributed by atoms with Crippen molar-refractivity contribution in [1.82, 2.24) is 9.78 Å². The summed E-state index contributed by atoms with van der Waals surface area (Å²) in [7, 11) is 0. The van der Waals surface area contributed by atoms with Crippen LogP contribution in [0.2, 0.25) is 0 Å². The highest BCUT2D eigenvalue weighted by atomic mass is 15.3. The molecule has 0 radical (unpaired) electrons. The van der Waals surface area contributed by atoms with E-state index in [0.29, 0.717) is 0 Å². The van der Waals surface area contributed by atoms with Crippen molar-refractivity contribution < 1.29 is 0 Å². The molecule has 1 aromatic heterocycles. The highest BCUT2D eigenvalue weighted by Gasteiger charge is 2.19. The summed E-state index contributed by atoms with van der Waals surface area (Å²) in [6.07, 6.45) is 6.65. The van der Waals surface area contributed by atoms with Gasteiger partial charge in [-0.05, 0) is 44.4 Å². The third-order valence-electron chi connectivity index (χ3n) is 4.76. The van der Waals surface area contributed by atoms with Crippen LogP contribution in [0, 0.1) is 0 Å². The van der Waals surface area contributed by atoms with Gasteiger partial charge in [-0.25, -0.2) is 4.68 Å². The second kappa shape index (κ2) is 9.35. The van der Waals surface area contributed by atoms with Crippen molar-refractivity contribution >= 4 is 0 Å². The van der Waals surface area contributed by atoms with Gasteiger partial charge in [0.15, 0.2) is 0 Å². The number of rotatable bonds is 9. The quantitative estimate of drug-likeness (QED) is 0.543. The lowest BCUT2D eigenvalue weighted by Crippen LogP contribution is -2.04. The topological polar surface area (TPSA) is 43.8 Å². The molecule has 1 heterocycles. The standard InChI is InChI=1S/C23H29N3/c1-2-12-22-21(17-10-5-11-18-24)23(19-13-6-3-7-14-19)25-26(22)20-15-8-4-9-16-20/h3-4,6-9,13-16H,2,5,10-12,17-18,24H2,1H3. The molecule has 3 nitrogen and oxygen atoms in total. The van der Waals surface area contributed by atoms with Crippen LogP contribution in [0.5, 0.6) is 0 Å². The zero-order valence-electron chi connectivity index (χ0n) is 15.7. The maximum absolute atomic E-state index is 5.67. The molecule has 0 atom stereocenters. The Hall–Kier alpha value is -2.39. The van der Waals surface area contributed by atoms with E-state index >= 15 is 0 Å². The first-order chi connectivity index (χ1) is 12.8. The van der Waals surface area contributed by atoms with E-state index in [1.165, 1.54) is 23.2 Å². The molecular formula is C23H29N3. The Bertz CT molecular complexity index is 791. The number of nitrogens with zero attached hydrogens (tertiary/aromatic N) is 2. The van der Waals surface area contributed by atoms with Crippen LogP contribution >= 0.6 is 0 Å². The Balaban J connectivity index is 2.06. The fraction of sp³-hybridized carbons (Fsp3) is 0.348. The van der Waals surface area contributed by atoms with Crippen LogP contribution < -0.4 is 5.73 Å². The van der Waals surface area contributed by atoms with Crippen molar-refractivity contribution in [2.45, 2.75) is 45.4 Å². The molecule has 136 valence electrons. The Morgan fingerprint density at radius 3 is 2.19 bits per heavy atom. The molecule has 0 bridgehead atoms. The van der Waals surface area contributed by atoms with E-state index in [1.54, 1.807) is 0 Å². The van der Waals surface area contributed by atoms with Gasteiger partial charge in [-0.2, -0.15) is 5.10 Å². The zero-order valence-corrected chi connectivity index (χ0v) is 15.7. The summed E-state index contributed by atoms with van der Waals surface area (Å²) >= 11 is 0. The lowest BCUT2D eigenvalue weighted by atomic mass is 9.98. The minimum absolute atomic E-state index is 0.774. The number of hydrogen-bond donors (Lipinski definition) is 1. The molecule has 0 amide bonds. The molecule has 0 spiro atoms. The predicted molar refractivity (Wildman–Crippen MR) is 110 cm³/mol. The van der Waals surface area contributed by atoms with E-state index in [2.05, 4.69) is 72.3 Å². The number of nitrogens with two attached hydrogens (primary N) is 1. The maximum Gasteiger partial charge on any atom is 0.0962 e. The summed E-state index contributed by atoms with van der Waals surface area (Å²) in [4.78, 5) is 0. The number of aromatic nitrogens is 2. The Labute approximate surface area is 156 Å². The molecule has 2 N–H and O–H groups in total. The highest BCUT2D eigenvalue weighted by molar-refractivity contribution is 5.65. The number of hydrogen-bond acceptors (Lipinski definition) is 2. The molecule has 0 saturated carbocycles. The van der Waals surface area contributed by atoms with Gasteiger partial charge in [-0.3, -0.25) is 0 Å². The van der Waals surface area contributed by atoms with Crippen molar-refractivity contribution in [2.75, 3.05) is 6.54 Å². The summed E-state index contributed by atoms with van der Waals surface area (Å²) in [5.74, 6) is 0. The van der Waals surface area contributed by atoms with E-state index in [1.807, 2.05) is 0 Å². The van der Waals surface area contributed by atoms with E-state index in [0.717, 1.165) is 50.0 Å². The molecule has 3 aromatic rings. The molecule has 0 aliphatic heterocycles. The summed E-state index contributed by atoms with van der Waals surface area (Å²) in [5.41, 5.74) is 11.9. The molecule has 0 fully saturated rings. The van der Waals surface area contributed by atoms with Crippen LogP contribution in [0.3, 0.4) is 0 Å². The van der Waals surface area contributed by atoms with E-state index in [-0.39, 0.29) is 0 Å². The first-order valence-electron chi connectivity index (χ1n) is 9.76. The van der Waals surface area contributed by atoms with Gasteiger partial charge in [0.25, 0.3) is 0 Å². The number of para-hydroxylation sites is 1. The summed E-state index contributed by atoms with van der Waals surface area (Å²) in [6.45, 7) is 3.01. The second-order valence-electron chi connectivity index (χ2n) is 6.74. The van der Waals surface area contributed by atoms with Crippen LogP contribution in [0.4, 0.5) is 0 Å². The van der Waals surface area contributed by atoms with E-state index < -0.39 is 0 Å². The Kier molecular flexibility index (Phi) is 6.62. The van der Waals surface area contributed by atoms with Crippen LogP contribution in [-0.2, 0) is 12.8 Å². The minimum atomic E-state index is 0.774. The monoisotopic (exact) mass is 347 g/mol. The lowest BCUT2D eigenvalue weighted by Gasteiger charge is -2.09. The van der Waals surface area contributed by atoms with Gasteiger partial charge < -0.3 is 5.73 Å². The molecular weight excluding hydrogens is 318 g/mol. The van der Waals surface area contributed by atoms with E-state index in [9.17, 15) is 0 Å². The van der Waals surface area contributed by atoms with Gasteiger partial charge >= 0.3 is 0 Å². The molecule has 0 aliphatic rings. The van der Waals surface area contributed by atoms with Gasteiger partial charge in [0.2, 0.25) is 0 Å². The van der Waals surface area contributed by atoms with Crippen molar-refractivity contribution in [1.29, 1.82) is 0 Å². The van der Waals surface area contributed by atoms with Crippen molar-refractivity contribution in [3.05, 3.63) is 71.9 Å². The molecule has 26 heavy (non-hydrogen) atoms. The summed E-state index contributed by atoms with van der Waals surface area (Å²) in [5, 5.41) is 5.06. The first-order valence-corrected chi connectivity index (χ1v) is 9.76. The zero-order chi connectivity index (χ0) is 18.2. The summed E-state index contributed by atoms with van der Waals surface area (Å²) in [6, 6.07) is 21.1. The average Bonchev–Trinajstić information content (AvgIpc) is 3.05. The van der Waals surface area contributed by atoms with Gasteiger partial charge in [0.05, 0.1) is 11.4 Å². The fourth-order valence-electron chi connectivity index (χ4n) is 3.48. The second-order valence-corrected chi connectivity index (χ2v) is 6.74. The van der Waals surface area contributed by atoms with Gasteiger partial charge in [-0.15, -0.1) is 0 Å². The molecule has 0 saturated heterocycles. The Morgan fingerprint density at radius 1 is 0.846 bits per heavy atom. The highest BCUT2D eigenvalue weighted by Crippen LogP contribution is 2.30. The third-order valence-corrected chi connectivity index (χ3v) is 4.76. The summed E-state index contributed by atoms with van der Waals surface area (Å²) < 4.78 is 2.16. The molecule has 0 aliphatic carbocycles. The smallest absolute Gasteiger partial charge is 0.0962 e. The largest absolute Gasteiger partial charge is 0.330 e. The van der Waals surface area contributed by atoms with Gasteiger partial charge in [0, 0.05) is 16.8 Å². The van der Waals surface area contributed by atoms with Gasteiger partial charge in [-0.1, -0.05) is 68.3 Å². The van der Waals surface area contributed by atoms with Crippen LogP contribution in [-0.4, -0.2) is 16.3 Å². The lowest BCUT2D eigenvalue weighted by molar-refractivity contribution is 0.680. The van der Waals surface area contributed by atoms with Gasteiger partial charge in [0.1, 0.15) is 0 Å². The molecule has 3 heteroatoms. The van der Waals surface area contributed by atoms with Crippen LogP contribution in [0.1, 0.15) is 43.9 Å². The molecule has 3 rings (SSSR count). The number of benzene rings is 2. The first kappa shape index (κ1) is 18.4. The molecule has 0 unspecified atom stereocenters. The third kappa shape index (κ3) is 4.23. The van der Waals surface area contributed by atoms with Crippen molar-refractivity contribution in [2.24, 2.45) is 5.73 Å². The van der Waals surface area contributed by atoms with Crippen molar-refractivity contribution in [3.8, 4) is 16.9 Å². The predicted octanol–water partition coefficient (Wildman–Crippen LogP) is 5.16. The Morgan fingerprint density at radius 2 is 1.54 bits per heavy atom. The van der Waals surface area contributed by atoms with Crippen LogP contribution in [0.15, 0.2) is 60.7 Å². The maximum atomic E-state index is 5.67. The van der Waals surface area contributed by atoms with E-state index in [4.69, 9.17) is 10.8 Å². The fourth-order valence-corrected chi connectivity index (χ4v) is 3.48. The average molecular weight is 348 g/mol. The van der Waals surface area contributed by atoms with Crippen LogP contribution in [0.25, 0.3) is 16.9 Å². The van der Waals surface area contributed by atoms with Crippen molar-refractivity contribution in [3.63, 3.8) is 0 Å². The number of unbranched alkanes of at least 4 members (excludes halogenated alkanes) is 2. The minimum Gasteiger partial charge on any atom is -0.330 e.